The SMILES string of the molecule is COc1cc(C)c(/C=N\NC(=O)c2ccccc2)cc1C(C)C. The molecule has 4 nitrogen and oxygen atoms in total. The molecule has 0 fully saturated rings. The van der Waals surface area contributed by atoms with Gasteiger partial charge in [-0.3, -0.25) is 4.79 Å². The fourth-order valence-corrected chi connectivity index (χ4v) is 2.30. The average molecular weight is 310 g/mol. The van der Waals surface area contributed by atoms with Gasteiger partial charge in [0.25, 0.3) is 5.91 Å². The summed E-state index contributed by atoms with van der Waals surface area (Å²) in [7, 11) is 1.68. The molecule has 0 aliphatic carbocycles. The Bertz CT molecular complexity index is 707. The summed E-state index contributed by atoms with van der Waals surface area (Å²) in [6.45, 7) is 6.23. The number of nitrogens with zero attached hydrogens (tertiary/aromatic N) is 1. The van der Waals surface area contributed by atoms with Crippen LogP contribution in [0.15, 0.2) is 47.6 Å². The number of nitrogens with one attached hydrogen (secondary N) is 1. The lowest BCUT2D eigenvalue weighted by molar-refractivity contribution is 0.0955. The number of benzene rings is 2. The minimum Gasteiger partial charge on any atom is -0.496 e. The van der Waals surface area contributed by atoms with Gasteiger partial charge in [0.2, 0.25) is 0 Å². The fourth-order valence-electron chi connectivity index (χ4n) is 2.30. The van der Waals surface area contributed by atoms with Crippen LogP contribution < -0.4 is 10.2 Å². The first-order chi connectivity index (χ1) is 11.0. The lowest BCUT2D eigenvalue weighted by Gasteiger charge is -2.14. The van der Waals surface area contributed by atoms with Gasteiger partial charge < -0.3 is 4.74 Å². The number of ether oxygens (including phenoxy) is 1. The molecule has 0 unspecified atom stereocenters. The topological polar surface area (TPSA) is 50.7 Å². The summed E-state index contributed by atoms with van der Waals surface area (Å²) in [6.07, 6.45) is 1.67. The van der Waals surface area contributed by atoms with E-state index in [1.165, 1.54) is 0 Å². The summed E-state index contributed by atoms with van der Waals surface area (Å²) in [5.74, 6) is 0.997. The minimum absolute atomic E-state index is 0.225. The number of hydrazone groups is 1. The van der Waals surface area contributed by atoms with Crippen LogP contribution in [0.2, 0.25) is 0 Å². The number of aryl methyl sites for hydroxylation is 1. The number of amides is 1. The van der Waals surface area contributed by atoms with Crippen molar-refractivity contribution in [1.29, 1.82) is 0 Å². The first kappa shape index (κ1) is 16.7. The maximum absolute atomic E-state index is 12.0. The molecule has 4 heteroatoms. The predicted molar refractivity (Wildman–Crippen MR) is 93.3 cm³/mol. The zero-order valence-corrected chi connectivity index (χ0v) is 14.0. The lowest BCUT2D eigenvalue weighted by Crippen LogP contribution is -2.17. The van der Waals surface area contributed by atoms with Crippen molar-refractivity contribution in [2.24, 2.45) is 5.10 Å². The largest absolute Gasteiger partial charge is 0.496 e. The molecule has 23 heavy (non-hydrogen) atoms. The maximum Gasteiger partial charge on any atom is 0.271 e. The van der Waals surface area contributed by atoms with Crippen LogP contribution in [0.1, 0.15) is 46.8 Å². The van der Waals surface area contributed by atoms with E-state index in [4.69, 9.17) is 4.74 Å². The minimum atomic E-state index is -0.225. The second kappa shape index (κ2) is 7.58. The highest BCUT2D eigenvalue weighted by molar-refractivity contribution is 5.95. The van der Waals surface area contributed by atoms with E-state index in [1.54, 1.807) is 25.5 Å². The molecule has 0 bridgehead atoms. The third-order valence-corrected chi connectivity index (χ3v) is 3.65. The van der Waals surface area contributed by atoms with Gasteiger partial charge >= 0.3 is 0 Å². The number of methoxy groups -OCH3 is 1. The number of carbonyl (C=O) groups excluding carboxylic acids is 1. The highest BCUT2D eigenvalue weighted by Crippen LogP contribution is 2.28. The summed E-state index contributed by atoms with van der Waals surface area (Å²) in [5, 5.41) is 4.07. The maximum atomic E-state index is 12.0. The Morgan fingerprint density at radius 1 is 1.22 bits per heavy atom. The first-order valence-corrected chi connectivity index (χ1v) is 7.60. The normalized spacial score (nSPS) is 11.0. The Morgan fingerprint density at radius 3 is 2.52 bits per heavy atom. The van der Waals surface area contributed by atoms with E-state index in [2.05, 4.69) is 30.4 Å². The standard InChI is InChI=1S/C19H22N2O2/c1-13(2)17-11-16(14(3)10-18(17)23-4)12-20-21-19(22)15-8-6-5-7-9-15/h5-13H,1-4H3,(H,21,22)/b20-12-. The van der Waals surface area contributed by atoms with Crippen molar-refractivity contribution in [3.8, 4) is 5.75 Å². The lowest BCUT2D eigenvalue weighted by atomic mass is 9.97. The van der Waals surface area contributed by atoms with Crippen LogP contribution in [0.25, 0.3) is 0 Å². The second-order valence-electron chi connectivity index (χ2n) is 5.67. The van der Waals surface area contributed by atoms with Gasteiger partial charge in [-0.05, 0) is 53.8 Å². The number of hydrogen-bond acceptors (Lipinski definition) is 3. The molecule has 2 aromatic carbocycles. The highest BCUT2D eigenvalue weighted by atomic mass is 16.5. The van der Waals surface area contributed by atoms with Crippen LogP contribution in [0.4, 0.5) is 0 Å². The van der Waals surface area contributed by atoms with Gasteiger partial charge in [-0.15, -0.1) is 0 Å². The average Bonchev–Trinajstić information content (AvgIpc) is 2.56. The van der Waals surface area contributed by atoms with E-state index in [0.29, 0.717) is 11.5 Å². The number of hydrogen-bond donors (Lipinski definition) is 1. The van der Waals surface area contributed by atoms with Gasteiger partial charge in [0, 0.05) is 5.56 Å². The Hall–Kier alpha value is -2.62. The Kier molecular flexibility index (Phi) is 5.52. The predicted octanol–water partition coefficient (Wildman–Crippen LogP) is 3.89. The molecule has 1 N–H and O–H groups in total. The smallest absolute Gasteiger partial charge is 0.271 e. The first-order valence-electron chi connectivity index (χ1n) is 7.60. The zero-order valence-electron chi connectivity index (χ0n) is 14.0. The molecule has 2 rings (SSSR count). The molecular formula is C19H22N2O2. The Morgan fingerprint density at radius 2 is 1.91 bits per heavy atom. The van der Waals surface area contributed by atoms with Gasteiger partial charge in [0.15, 0.2) is 0 Å². The van der Waals surface area contributed by atoms with E-state index in [1.807, 2.05) is 31.2 Å². The van der Waals surface area contributed by atoms with Crippen LogP contribution >= 0.6 is 0 Å². The van der Waals surface area contributed by atoms with Crippen molar-refractivity contribution in [1.82, 2.24) is 5.43 Å². The monoisotopic (exact) mass is 310 g/mol. The van der Waals surface area contributed by atoms with E-state index in [-0.39, 0.29) is 5.91 Å². The molecule has 2 aromatic rings. The van der Waals surface area contributed by atoms with Gasteiger partial charge in [-0.1, -0.05) is 32.0 Å². The Balaban J connectivity index is 2.16. The van der Waals surface area contributed by atoms with E-state index < -0.39 is 0 Å². The van der Waals surface area contributed by atoms with Crippen LogP contribution in [-0.4, -0.2) is 19.2 Å². The number of carbonyl (C=O) groups is 1. The van der Waals surface area contributed by atoms with Crippen LogP contribution in [0.3, 0.4) is 0 Å². The van der Waals surface area contributed by atoms with Crippen molar-refractivity contribution in [2.75, 3.05) is 7.11 Å². The van der Waals surface area contributed by atoms with Crippen LogP contribution in [0, 0.1) is 6.92 Å². The summed E-state index contributed by atoms with van der Waals surface area (Å²) in [4.78, 5) is 12.0. The molecule has 0 spiro atoms. The molecule has 0 aromatic heterocycles. The van der Waals surface area contributed by atoms with E-state index >= 15 is 0 Å². The van der Waals surface area contributed by atoms with Crippen LogP contribution in [0.5, 0.6) is 5.75 Å². The molecule has 0 aliphatic heterocycles. The molecular weight excluding hydrogens is 288 g/mol. The molecule has 0 heterocycles. The quantitative estimate of drug-likeness (QED) is 0.673. The van der Waals surface area contributed by atoms with Gasteiger partial charge in [-0.25, -0.2) is 5.43 Å². The molecule has 120 valence electrons. The van der Waals surface area contributed by atoms with E-state index in [0.717, 1.165) is 22.4 Å². The third kappa shape index (κ3) is 4.19. The van der Waals surface area contributed by atoms with E-state index in [9.17, 15) is 4.79 Å². The van der Waals surface area contributed by atoms with Gasteiger partial charge in [-0.2, -0.15) is 5.10 Å². The van der Waals surface area contributed by atoms with Gasteiger partial charge in [0.05, 0.1) is 13.3 Å². The van der Waals surface area contributed by atoms with Crippen molar-refractivity contribution >= 4 is 12.1 Å². The zero-order chi connectivity index (χ0) is 16.8. The van der Waals surface area contributed by atoms with Crippen molar-refractivity contribution in [2.45, 2.75) is 26.7 Å². The van der Waals surface area contributed by atoms with Crippen molar-refractivity contribution < 1.29 is 9.53 Å². The second-order valence-corrected chi connectivity index (χ2v) is 5.67. The molecule has 1 amide bonds. The van der Waals surface area contributed by atoms with Gasteiger partial charge in [0.1, 0.15) is 5.75 Å². The summed E-state index contributed by atoms with van der Waals surface area (Å²) in [5.41, 5.74) is 6.26. The molecule has 0 saturated heterocycles. The summed E-state index contributed by atoms with van der Waals surface area (Å²) < 4.78 is 5.43. The third-order valence-electron chi connectivity index (χ3n) is 3.65. The highest BCUT2D eigenvalue weighted by Gasteiger charge is 2.10. The molecule has 0 radical (unpaired) electrons. The summed E-state index contributed by atoms with van der Waals surface area (Å²) in [6, 6.07) is 13.1. The van der Waals surface area contributed by atoms with Crippen molar-refractivity contribution in [3.63, 3.8) is 0 Å². The summed E-state index contributed by atoms with van der Waals surface area (Å²) >= 11 is 0. The Labute approximate surface area is 137 Å². The molecule has 0 aliphatic rings. The fraction of sp³-hybridized carbons (Fsp3) is 0.263. The van der Waals surface area contributed by atoms with Crippen molar-refractivity contribution in [3.05, 3.63) is 64.7 Å². The number of rotatable bonds is 5. The molecule has 0 saturated carbocycles. The van der Waals surface area contributed by atoms with Crippen LogP contribution in [-0.2, 0) is 0 Å². The molecule has 0 atom stereocenters.